The average Bonchev–Trinajstić information content (AvgIpc) is 2.13. The molecule has 17 heavy (non-hydrogen) atoms. The first-order valence-corrected chi connectivity index (χ1v) is 7.52. The minimum Gasteiger partial charge on any atom is -0.399 e. The van der Waals surface area contributed by atoms with Crippen molar-refractivity contribution in [2.75, 3.05) is 5.73 Å². The molecular weight excluding hydrogens is 268 g/mol. The van der Waals surface area contributed by atoms with Gasteiger partial charge in [-0.15, -0.1) is 0 Å². The predicted octanol–water partition coefficient (Wildman–Crippen LogP) is 0.923. The Morgan fingerprint density at radius 2 is 1.41 bits per heavy atom. The molecule has 0 amide bonds. The van der Waals surface area contributed by atoms with E-state index >= 15 is 0 Å². The molecule has 1 aromatic rings. The monoisotopic (exact) mass is 279 g/mol. The number of hydrogen-bond donors (Lipinski definition) is 5. The molecule has 0 atom stereocenters. The smallest absolute Gasteiger partial charge is 0.364 e. The highest BCUT2D eigenvalue weighted by atomic mass is 31.2. The molecule has 94 valence electrons. The van der Waals surface area contributed by atoms with Crippen molar-refractivity contribution in [2.45, 2.75) is 0 Å². The van der Waals surface area contributed by atoms with E-state index in [0.29, 0.717) is 5.69 Å². The van der Waals surface area contributed by atoms with E-state index in [0.717, 1.165) is 6.08 Å². The normalized spacial score (nSPS) is 12.2. The van der Waals surface area contributed by atoms with Crippen molar-refractivity contribution in [1.29, 1.82) is 0 Å². The third-order valence-corrected chi connectivity index (χ3v) is 4.84. The maximum Gasteiger partial charge on any atom is 0.364 e. The second-order valence-corrected chi connectivity index (χ2v) is 6.75. The van der Waals surface area contributed by atoms with Crippen molar-refractivity contribution < 1.29 is 28.7 Å². The molecule has 6 N–H and O–H groups in total. The minimum absolute atomic E-state index is 0.237. The Labute approximate surface area is 96.9 Å². The second kappa shape index (κ2) is 4.74. The van der Waals surface area contributed by atoms with Crippen LogP contribution in [0.3, 0.4) is 0 Å². The largest absolute Gasteiger partial charge is 0.399 e. The van der Waals surface area contributed by atoms with Crippen molar-refractivity contribution in [2.24, 2.45) is 0 Å². The fraction of sp³-hybridized carbons (Fsp3) is 0. The van der Waals surface area contributed by atoms with Gasteiger partial charge in [-0.05, 0) is 23.8 Å². The molecule has 0 spiro atoms. The zero-order chi connectivity index (χ0) is 13.3. The highest BCUT2D eigenvalue weighted by Crippen LogP contribution is 2.64. The van der Waals surface area contributed by atoms with Crippen molar-refractivity contribution in [3.63, 3.8) is 0 Å². The standard InChI is InChI=1S/C8H11NO6P2/c9-7-3-1-6(2-4-7)5-8(16(10,11)12)17(13,14)15/h1-5H,9H2,(H2,10,11,12)(H2,13,14,15). The van der Waals surface area contributed by atoms with Gasteiger partial charge in [0.2, 0.25) is 0 Å². The summed E-state index contributed by atoms with van der Waals surface area (Å²) >= 11 is 0. The number of anilines is 1. The van der Waals surface area contributed by atoms with Crippen molar-refractivity contribution in [1.82, 2.24) is 0 Å². The molecular formula is C8H11NO6P2. The Bertz CT molecular complexity index is 501. The number of nitrogens with two attached hydrogens (primary N) is 1. The van der Waals surface area contributed by atoms with Crippen LogP contribution in [0, 0.1) is 0 Å². The van der Waals surface area contributed by atoms with E-state index in [4.69, 9.17) is 25.3 Å². The molecule has 0 heterocycles. The summed E-state index contributed by atoms with van der Waals surface area (Å²) in [6.45, 7) is 0. The van der Waals surface area contributed by atoms with E-state index in [1.807, 2.05) is 0 Å². The predicted molar refractivity (Wildman–Crippen MR) is 62.9 cm³/mol. The molecule has 0 saturated carbocycles. The van der Waals surface area contributed by atoms with Crippen molar-refractivity contribution >= 4 is 27.0 Å². The van der Waals surface area contributed by atoms with Gasteiger partial charge in [-0.25, -0.2) is 0 Å². The van der Waals surface area contributed by atoms with Crippen LogP contribution < -0.4 is 5.73 Å². The van der Waals surface area contributed by atoms with Crippen LogP contribution >= 0.6 is 15.2 Å². The van der Waals surface area contributed by atoms with Gasteiger partial charge in [-0.2, -0.15) is 0 Å². The van der Waals surface area contributed by atoms with Crippen LogP contribution in [-0.4, -0.2) is 19.6 Å². The summed E-state index contributed by atoms with van der Waals surface area (Å²) < 4.78 is 21.9. The Morgan fingerprint density at radius 3 is 1.76 bits per heavy atom. The first-order chi connectivity index (χ1) is 7.60. The van der Waals surface area contributed by atoms with Crippen LogP contribution in [0.5, 0.6) is 0 Å². The first kappa shape index (κ1) is 14.1. The highest BCUT2D eigenvalue weighted by Gasteiger charge is 2.35. The van der Waals surface area contributed by atoms with Gasteiger partial charge in [-0.3, -0.25) is 9.13 Å². The molecule has 1 aromatic carbocycles. The minimum atomic E-state index is -5.01. The lowest BCUT2D eigenvalue weighted by Gasteiger charge is -2.10. The van der Waals surface area contributed by atoms with E-state index in [9.17, 15) is 9.13 Å². The fourth-order valence-electron chi connectivity index (χ4n) is 1.08. The third-order valence-electron chi connectivity index (χ3n) is 1.83. The van der Waals surface area contributed by atoms with E-state index in [-0.39, 0.29) is 5.56 Å². The average molecular weight is 279 g/mol. The SMILES string of the molecule is Nc1ccc(C=C(P(=O)(O)O)P(=O)(O)O)cc1. The molecule has 0 bridgehead atoms. The van der Waals surface area contributed by atoms with Crippen LogP contribution in [0.15, 0.2) is 29.3 Å². The van der Waals surface area contributed by atoms with Gasteiger partial charge in [0.25, 0.3) is 0 Å². The second-order valence-electron chi connectivity index (χ2n) is 3.26. The lowest BCUT2D eigenvalue weighted by molar-refractivity contribution is 0.368. The molecule has 0 aromatic heterocycles. The van der Waals surface area contributed by atoms with Gasteiger partial charge in [0, 0.05) is 5.69 Å². The topological polar surface area (TPSA) is 141 Å². The number of rotatable bonds is 3. The van der Waals surface area contributed by atoms with Gasteiger partial charge in [0.15, 0.2) is 5.06 Å². The Kier molecular flexibility index (Phi) is 3.94. The zero-order valence-corrected chi connectivity index (χ0v) is 10.3. The van der Waals surface area contributed by atoms with Crippen LogP contribution in [-0.2, 0) is 9.13 Å². The highest BCUT2D eigenvalue weighted by molar-refractivity contribution is 7.77. The van der Waals surface area contributed by atoms with Gasteiger partial charge in [-0.1, -0.05) is 12.1 Å². The number of nitrogen functional groups attached to an aromatic ring is 1. The van der Waals surface area contributed by atoms with Gasteiger partial charge < -0.3 is 25.3 Å². The summed E-state index contributed by atoms with van der Waals surface area (Å²) in [5.41, 5.74) is 6.07. The molecule has 0 aliphatic heterocycles. The summed E-state index contributed by atoms with van der Waals surface area (Å²) in [5.74, 6) is 0. The van der Waals surface area contributed by atoms with Gasteiger partial charge in [0.1, 0.15) is 0 Å². The summed E-state index contributed by atoms with van der Waals surface area (Å²) in [5, 5.41) is -1.21. The third kappa shape index (κ3) is 4.09. The fourth-order valence-corrected chi connectivity index (χ4v) is 3.07. The molecule has 0 fully saturated rings. The van der Waals surface area contributed by atoms with E-state index in [1.54, 1.807) is 0 Å². The van der Waals surface area contributed by atoms with Gasteiger partial charge in [0.05, 0.1) is 0 Å². The first-order valence-electron chi connectivity index (χ1n) is 4.30. The molecule has 7 nitrogen and oxygen atoms in total. The molecule has 0 saturated heterocycles. The number of hydrogen-bond acceptors (Lipinski definition) is 3. The van der Waals surface area contributed by atoms with Crippen molar-refractivity contribution in [3.8, 4) is 0 Å². The number of benzene rings is 1. The summed E-state index contributed by atoms with van der Waals surface area (Å²) in [4.78, 5) is 35.4. The van der Waals surface area contributed by atoms with Gasteiger partial charge >= 0.3 is 15.2 Å². The molecule has 9 heteroatoms. The van der Waals surface area contributed by atoms with Crippen LogP contribution in [0.25, 0.3) is 6.08 Å². The summed E-state index contributed by atoms with van der Waals surface area (Å²) in [6.07, 6.45) is 0.765. The summed E-state index contributed by atoms with van der Waals surface area (Å²) in [6, 6.07) is 5.67. The van der Waals surface area contributed by atoms with Crippen LogP contribution in [0.2, 0.25) is 0 Å². The lowest BCUT2D eigenvalue weighted by Crippen LogP contribution is -1.89. The Balaban J connectivity index is 3.30. The molecule has 1 rings (SSSR count). The maximum absolute atomic E-state index is 11.0. The lowest BCUT2D eigenvalue weighted by atomic mass is 10.2. The molecule has 0 radical (unpaired) electrons. The van der Waals surface area contributed by atoms with E-state index in [2.05, 4.69) is 0 Å². The Morgan fingerprint density at radius 1 is 1.00 bits per heavy atom. The molecule has 0 aliphatic carbocycles. The zero-order valence-electron chi connectivity index (χ0n) is 8.46. The Hall–Kier alpha value is -0.940. The van der Waals surface area contributed by atoms with Crippen LogP contribution in [0.1, 0.15) is 5.56 Å². The molecule has 0 unspecified atom stereocenters. The maximum atomic E-state index is 11.0. The van der Waals surface area contributed by atoms with Crippen LogP contribution in [0.4, 0.5) is 5.69 Å². The van der Waals surface area contributed by atoms with E-state index in [1.165, 1.54) is 24.3 Å². The molecule has 0 aliphatic rings. The quantitative estimate of drug-likeness (QED) is 0.409. The van der Waals surface area contributed by atoms with E-state index < -0.39 is 20.2 Å². The summed E-state index contributed by atoms with van der Waals surface area (Å²) in [7, 11) is -10.0. The van der Waals surface area contributed by atoms with Crippen molar-refractivity contribution in [3.05, 3.63) is 34.9 Å².